The van der Waals surface area contributed by atoms with Crippen LogP contribution in [0.25, 0.3) is 11.5 Å². The van der Waals surface area contributed by atoms with Crippen molar-refractivity contribution in [1.82, 2.24) is 15.0 Å². The highest BCUT2D eigenvalue weighted by Crippen LogP contribution is 2.22. The van der Waals surface area contributed by atoms with Crippen LogP contribution in [-0.2, 0) is 0 Å². The van der Waals surface area contributed by atoms with Gasteiger partial charge in [-0.15, -0.1) is 0 Å². The Morgan fingerprint density at radius 3 is 2.87 bits per heavy atom. The van der Waals surface area contributed by atoms with Gasteiger partial charge >= 0.3 is 0 Å². The number of aromatic nitrogens is 3. The number of carbonyl (C=O) groups is 1. The van der Waals surface area contributed by atoms with Crippen LogP contribution in [0.2, 0.25) is 0 Å². The summed E-state index contributed by atoms with van der Waals surface area (Å²) in [4.78, 5) is 22.3. The van der Waals surface area contributed by atoms with Gasteiger partial charge in [0.05, 0.1) is 6.20 Å². The zero-order valence-electron chi connectivity index (χ0n) is 7.99. The van der Waals surface area contributed by atoms with E-state index < -0.39 is 0 Å². The van der Waals surface area contributed by atoms with Gasteiger partial charge in [-0.2, -0.15) is 0 Å². The fourth-order valence-corrected chi connectivity index (χ4v) is 1.62. The summed E-state index contributed by atoms with van der Waals surface area (Å²) >= 11 is 3.37. The zero-order chi connectivity index (χ0) is 10.8. The summed E-state index contributed by atoms with van der Waals surface area (Å²) in [5, 5.41) is 0. The highest BCUT2D eigenvalue weighted by atomic mass is 79.9. The molecule has 0 aliphatic heterocycles. The molecule has 0 saturated heterocycles. The normalized spacial score (nSPS) is 10.3. The molecule has 0 bridgehead atoms. The van der Waals surface area contributed by atoms with Crippen LogP contribution in [0, 0.1) is 0 Å². The Morgan fingerprint density at radius 1 is 1.47 bits per heavy atom. The molecule has 5 heteroatoms. The molecule has 0 radical (unpaired) electrons. The van der Waals surface area contributed by atoms with Gasteiger partial charge in [0.2, 0.25) is 0 Å². The van der Waals surface area contributed by atoms with Crippen molar-refractivity contribution in [2.45, 2.75) is 6.92 Å². The lowest BCUT2D eigenvalue weighted by Crippen LogP contribution is -1.92. The van der Waals surface area contributed by atoms with Crippen molar-refractivity contribution in [3.8, 4) is 11.5 Å². The molecule has 0 aliphatic carbocycles. The van der Waals surface area contributed by atoms with Crippen molar-refractivity contribution < 1.29 is 4.79 Å². The monoisotopic (exact) mass is 265 g/mol. The Hall–Kier alpha value is -1.49. The maximum Gasteiger partial charge on any atom is 0.177 e. The smallest absolute Gasteiger partial charge is 0.177 e. The van der Waals surface area contributed by atoms with Gasteiger partial charge in [0.15, 0.2) is 11.6 Å². The van der Waals surface area contributed by atoms with Crippen LogP contribution >= 0.6 is 15.9 Å². The molecular weight excluding hydrogens is 258 g/mol. The molecule has 2 aromatic heterocycles. The average molecular weight is 266 g/mol. The van der Waals surface area contributed by atoms with Crippen molar-refractivity contribution in [1.29, 1.82) is 0 Å². The predicted molar refractivity (Wildman–Crippen MR) is 59.5 cm³/mol. The summed E-state index contributed by atoms with van der Waals surface area (Å²) in [5.41, 5.74) is 1.19. The van der Waals surface area contributed by atoms with Crippen molar-refractivity contribution >= 4 is 21.7 Å². The number of ketones is 1. The molecule has 2 rings (SSSR count). The minimum Gasteiger partial charge on any atom is -0.334 e. The molecule has 0 amide bonds. The van der Waals surface area contributed by atoms with E-state index in [0.717, 1.165) is 4.47 Å². The molecule has 2 heterocycles. The first-order valence-electron chi connectivity index (χ1n) is 4.35. The first kappa shape index (κ1) is 10.0. The molecule has 76 valence electrons. The van der Waals surface area contributed by atoms with E-state index in [1.54, 1.807) is 6.20 Å². The molecule has 4 nitrogen and oxygen atoms in total. The molecular formula is C10H8BrN3O. The van der Waals surface area contributed by atoms with Crippen molar-refractivity contribution in [3.05, 3.63) is 34.7 Å². The summed E-state index contributed by atoms with van der Waals surface area (Å²) in [6.45, 7) is 1.49. The first-order valence-corrected chi connectivity index (χ1v) is 5.14. The van der Waals surface area contributed by atoms with Crippen LogP contribution in [0.5, 0.6) is 0 Å². The Bertz CT molecular complexity index is 507. The predicted octanol–water partition coefficient (Wildman–Crippen LogP) is 2.44. The van der Waals surface area contributed by atoms with Crippen LogP contribution < -0.4 is 0 Å². The third-order valence-corrected chi connectivity index (χ3v) is 2.58. The molecule has 0 aliphatic rings. The van der Waals surface area contributed by atoms with E-state index in [4.69, 9.17) is 0 Å². The van der Waals surface area contributed by atoms with E-state index in [2.05, 4.69) is 30.9 Å². The number of pyridine rings is 1. The average Bonchev–Trinajstić information content (AvgIpc) is 2.67. The Morgan fingerprint density at radius 2 is 2.27 bits per heavy atom. The summed E-state index contributed by atoms with van der Waals surface area (Å²) in [6, 6.07) is 3.70. The van der Waals surface area contributed by atoms with Gasteiger partial charge in [0.1, 0.15) is 11.4 Å². The quantitative estimate of drug-likeness (QED) is 0.849. The van der Waals surface area contributed by atoms with Gasteiger partial charge in [0.25, 0.3) is 0 Å². The number of rotatable bonds is 2. The van der Waals surface area contributed by atoms with Crippen LogP contribution in [0.3, 0.4) is 0 Å². The van der Waals surface area contributed by atoms with E-state index in [1.165, 1.54) is 13.1 Å². The largest absolute Gasteiger partial charge is 0.334 e. The summed E-state index contributed by atoms with van der Waals surface area (Å²) in [6.07, 6.45) is 3.19. The van der Waals surface area contributed by atoms with Crippen LogP contribution in [0.15, 0.2) is 29.0 Å². The Kier molecular flexibility index (Phi) is 2.64. The van der Waals surface area contributed by atoms with Gasteiger partial charge < -0.3 is 4.98 Å². The number of carbonyl (C=O) groups excluding carboxylic acids is 1. The standard InChI is InChI=1S/C10H8BrN3O/c1-6(15)8-5-13-10(14-8)9-7(11)3-2-4-12-9/h2-5H,1H3,(H,13,14). The molecule has 2 aromatic rings. The second-order valence-electron chi connectivity index (χ2n) is 3.04. The van der Waals surface area contributed by atoms with Gasteiger partial charge in [-0.1, -0.05) is 0 Å². The lowest BCUT2D eigenvalue weighted by atomic mass is 10.3. The number of hydrogen-bond donors (Lipinski definition) is 1. The molecule has 15 heavy (non-hydrogen) atoms. The van der Waals surface area contributed by atoms with Crippen LogP contribution in [0.4, 0.5) is 0 Å². The lowest BCUT2D eigenvalue weighted by Gasteiger charge is -1.97. The number of Topliss-reactive ketones (excluding diaryl/α,β-unsaturated/α-hetero) is 1. The molecule has 0 atom stereocenters. The number of halogens is 1. The van der Waals surface area contributed by atoms with E-state index in [0.29, 0.717) is 17.2 Å². The third kappa shape index (κ3) is 1.97. The SMILES string of the molecule is CC(=O)c1cnc(-c2ncccc2Br)[nH]1. The van der Waals surface area contributed by atoms with Crippen molar-refractivity contribution in [3.63, 3.8) is 0 Å². The molecule has 0 unspecified atom stereocenters. The first-order chi connectivity index (χ1) is 7.18. The van der Waals surface area contributed by atoms with Gasteiger partial charge in [0, 0.05) is 17.6 Å². The fraction of sp³-hybridized carbons (Fsp3) is 0.100. The fourth-order valence-electron chi connectivity index (χ4n) is 1.18. The van der Waals surface area contributed by atoms with Gasteiger partial charge in [-0.3, -0.25) is 9.78 Å². The van der Waals surface area contributed by atoms with Gasteiger partial charge in [-0.25, -0.2) is 4.98 Å². The Labute approximate surface area is 94.9 Å². The minimum atomic E-state index is -0.0409. The number of hydrogen-bond acceptors (Lipinski definition) is 3. The maximum absolute atomic E-state index is 11.1. The van der Waals surface area contributed by atoms with E-state index in [9.17, 15) is 4.79 Å². The lowest BCUT2D eigenvalue weighted by molar-refractivity contribution is 0.101. The van der Waals surface area contributed by atoms with E-state index in [-0.39, 0.29) is 5.78 Å². The number of aromatic amines is 1. The van der Waals surface area contributed by atoms with E-state index in [1.807, 2.05) is 12.1 Å². The van der Waals surface area contributed by atoms with Crippen LogP contribution in [0.1, 0.15) is 17.4 Å². The highest BCUT2D eigenvalue weighted by molar-refractivity contribution is 9.10. The third-order valence-electron chi connectivity index (χ3n) is 1.94. The molecule has 0 fully saturated rings. The highest BCUT2D eigenvalue weighted by Gasteiger charge is 2.09. The number of imidazole rings is 1. The molecule has 1 N–H and O–H groups in total. The van der Waals surface area contributed by atoms with E-state index >= 15 is 0 Å². The van der Waals surface area contributed by atoms with Crippen LogP contribution in [-0.4, -0.2) is 20.7 Å². The zero-order valence-corrected chi connectivity index (χ0v) is 9.58. The molecule has 0 saturated carbocycles. The molecule has 0 aromatic carbocycles. The Balaban J connectivity index is 2.46. The summed E-state index contributed by atoms with van der Waals surface area (Å²) in [5.74, 6) is 0.550. The molecule has 0 spiro atoms. The number of H-pyrrole nitrogens is 1. The van der Waals surface area contributed by atoms with Crippen molar-refractivity contribution in [2.24, 2.45) is 0 Å². The maximum atomic E-state index is 11.1. The second kappa shape index (κ2) is 3.94. The minimum absolute atomic E-state index is 0.0409. The number of nitrogens with one attached hydrogen (secondary N) is 1. The topological polar surface area (TPSA) is 58.6 Å². The second-order valence-corrected chi connectivity index (χ2v) is 3.89. The van der Waals surface area contributed by atoms with Crippen molar-refractivity contribution in [2.75, 3.05) is 0 Å². The summed E-state index contributed by atoms with van der Waals surface area (Å²) < 4.78 is 0.842. The summed E-state index contributed by atoms with van der Waals surface area (Å²) in [7, 11) is 0. The number of nitrogens with zero attached hydrogens (tertiary/aromatic N) is 2. The van der Waals surface area contributed by atoms with Gasteiger partial charge in [-0.05, 0) is 28.1 Å².